The van der Waals surface area contributed by atoms with Gasteiger partial charge in [0.1, 0.15) is 5.71 Å². The highest BCUT2D eigenvalue weighted by Gasteiger charge is 2.32. The molecule has 1 aliphatic heterocycles. The molecule has 1 unspecified atom stereocenters. The van der Waals surface area contributed by atoms with Crippen molar-refractivity contribution in [2.75, 3.05) is 19.1 Å². The number of rotatable bonds is 3. The molecule has 1 atom stereocenters. The number of para-hydroxylation sites is 1. The van der Waals surface area contributed by atoms with Crippen molar-refractivity contribution in [3.63, 3.8) is 0 Å². The predicted octanol–water partition coefficient (Wildman–Crippen LogP) is 3.08. The molecule has 3 rings (SSSR count). The monoisotopic (exact) mass is 293 g/mol. The van der Waals surface area contributed by atoms with E-state index in [9.17, 15) is 4.79 Å². The summed E-state index contributed by atoms with van der Waals surface area (Å²) in [7, 11) is 3.51. The Balaban J connectivity index is 1.98. The van der Waals surface area contributed by atoms with E-state index in [0.717, 1.165) is 11.3 Å². The van der Waals surface area contributed by atoms with Crippen LogP contribution in [0.15, 0.2) is 65.8 Å². The van der Waals surface area contributed by atoms with E-state index in [0.29, 0.717) is 12.1 Å². The van der Waals surface area contributed by atoms with Gasteiger partial charge >= 0.3 is 0 Å². The van der Waals surface area contributed by atoms with Gasteiger partial charge in [-0.1, -0.05) is 48.5 Å². The fourth-order valence-corrected chi connectivity index (χ4v) is 2.65. The number of amides is 1. The molecular weight excluding hydrogens is 274 g/mol. The number of carbonyl (C=O) groups is 1. The lowest BCUT2D eigenvalue weighted by Gasteiger charge is -2.23. The molecular formula is C18H19N3O. The summed E-state index contributed by atoms with van der Waals surface area (Å²) in [4.78, 5) is 13.8. The second-order valence-corrected chi connectivity index (χ2v) is 5.56. The Kier molecular flexibility index (Phi) is 3.92. The molecule has 22 heavy (non-hydrogen) atoms. The zero-order chi connectivity index (χ0) is 15.5. The zero-order valence-electron chi connectivity index (χ0n) is 12.8. The summed E-state index contributed by atoms with van der Waals surface area (Å²) in [5, 5.41) is 6.55. The largest absolute Gasteiger partial charge is 0.344 e. The van der Waals surface area contributed by atoms with Gasteiger partial charge < -0.3 is 4.90 Å². The summed E-state index contributed by atoms with van der Waals surface area (Å²) in [5.41, 5.74) is 2.76. The lowest BCUT2D eigenvalue weighted by atomic mass is 10.0. The molecule has 0 N–H and O–H groups in total. The quantitative estimate of drug-likeness (QED) is 0.872. The van der Waals surface area contributed by atoms with Gasteiger partial charge in [-0.3, -0.25) is 9.80 Å². The van der Waals surface area contributed by atoms with E-state index in [4.69, 9.17) is 0 Å². The average molecular weight is 293 g/mol. The van der Waals surface area contributed by atoms with E-state index in [1.54, 1.807) is 19.0 Å². The summed E-state index contributed by atoms with van der Waals surface area (Å²) in [6, 6.07) is 20.2. The molecule has 0 bridgehead atoms. The first kappa shape index (κ1) is 14.3. The second kappa shape index (κ2) is 6.02. The molecule has 2 aromatic rings. The fraction of sp³-hybridized carbons (Fsp3) is 0.222. The van der Waals surface area contributed by atoms with Crippen molar-refractivity contribution in [1.82, 2.24) is 4.90 Å². The highest BCUT2D eigenvalue weighted by Crippen LogP contribution is 2.35. The van der Waals surface area contributed by atoms with Crippen molar-refractivity contribution < 1.29 is 4.79 Å². The number of benzene rings is 2. The lowest BCUT2D eigenvalue weighted by molar-refractivity contribution is -0.121. The number of hydrazone groups is 1. The molecule has 0 fully saturated rings. The standard InChI is InChI=1S/C18H19N3O/c1-20(2)18(22)16-13-17(14-9-5-3-6-10-14)21(19-16)15-11-7-4-8-12-15/h3-12,17H,13H2,1-2H3. The van der Waals surface area contributed by atoms with Gasteiger partial charge in [-0.15, -0.1) is 0 Å². The van der Waals surface area contributed by atoms with Crippen molar-refractivity contribution >= 4 is 17.3 Å². The lowest BCUT2D eigenvalue weighted by Crippen LogP contribution is -2.29. The summed E-state index contributed by atoms with van der Waals surface area (Å²) in [6.45, 7) is 0. The molecule has 0 radical (unpaired) electrons. The van der Waals surface area contributed by atoms with Gasteiger partial charge in [0, 0.05) is 20.5 Å². The summed E-state index contributed by atoms with van der Waals surface area (Å²) in [5.74, 6) is -0.0284. The van der Waals surface area contributed by atoms with Crippen LogP contribution in [-0.4, -0.2) is 30.6 Å². The van der Waals surface area contributed by atoms with Crippen molar-refractivity contribution in [2.24, 2.45) is 5.10 Å². The maximum absolute atomic E-state index is 12.3. The molecule has 0 aromatic heterocycles. The van der Waals surface area contributed by atoms with E-state index in [1.807, 2.05) is 53.5 Å². The maximum atomic E-state index is 12.3. The Hall–Kier alpha value is -2.62. The van der Waals surface area contributed by atoms with Crippen LogP contribution in [0, 0.1) is 0 Å². The smallest absolute Gasteiger partial charge is 0.269 e. The minimum atomic E-state index is -0.0284. The minimum Gasteiger partial charge on any atom is -0.344 e. The van der Waals surface area contributed by atoms with E-state index in [2.05, 4.69) is 17.2 Å². The van der Waals surface area contributed by atoms with Gasteiger partial charge in [-0.25, -0.2) is 0 Å². The molecule has 0 saturated carbocycles. The molecule has 112 valence electrons. The van der Waals surface area contributed by atoms with Crippen molar-refractivity contribution in [3.05, 3.63) is 66.2 Å². The van der Waals surface area contributed by atoms with Crippen LogP contribution in [0.2, 0.25) is 0 Å². The van der Waals surface area contributed by atoms with E-state index in [-0.39, 0.29) is 11.9 Å². The van der Waals surface area contributed by atoms with Crippen LogP contribution in [0.25, 0.3) is 0 Å². The Morgan fingerprint density at radius 1 is 1.05 bits per heavy atom. The Labute approximate surface area is 130 Å². The number of hydrogen-bond acceptors (Lipinski definition) is 3. The SMILES string of the molecule is CN(C)C(=O)C1=NN(c2ccccc2)C(c2ccccc2)C1. The topological polar surface area (TPSA) is 35.9 Å². The third-order valence-electron chi connectivity index (χ3n) is 3.77. The number of anilines is 1. The molecule has 1 aliphatic rings. The highest BCUT2D eigenvalue weighted by atomic mass is 16.2. The van der Waals surface area contributed by atoms with Crippen LogP contribution in [0.4, 0.5) is 5.69 Å². The average Bonchev–Trinajstić information content (AvgIpc) is 3.01. The molecule has 1 amide bonds. The first-order chi connectivity index (χ1) is 10.7. The number of carbonyl (C=O) groups excluding carboxylic acids is 1. The van der Waals surface area contributed by atoms with Crippen LogP contribution in [0.3, 0.4) is 0 Å². The van der Waals surface area contributed by atoms with Gasteiger partial charge in [0.05, 0.1) is 11.7 Å². The molecule has 4 heteroatoms. The Bertz CT molecular complexity index is 680. The molecule has 2 aromatic carbocycles. The minimum absolute atomic E-state index is 0.0284. The van der Waals surface area contributed by atoms with Gasteiger partial charge in [-0.2, -0.15) is 5.10 Å². The second-order valence-electron chi connectivity index (χ2n) is 5.56. The summed E-state index contributed by atoms with van der Waals surface area (Å²) < 4.78 is 0. The van der Waals surface area contributed by atoms with Crippen LogP contribution in [0.5, 0.6) is 0 Å². The van der Waals surface area contributed by atoms with Crippen molar-refractivity contribution in [2.45, 2.75) is 12.5 Å². The summed E-state index contributed by atoms with van der Waals surface area (Å²) in [6.07, 6.45) is 0.621. The van der Waals surface area contributed by atoms with E-state index in [1.165, 1.54) is 0 Å². The number of nitrogens with zero attached hydrogens (tertiary/aromatic N) is 3. The first-order valence-electron chi connectivity index (χ1n) is 7.35. The van der Waals surface area contributed by atoms with Crippen LogP contribution in [-0.2, 0) is 4.79 Å². The van der Waals surface area contributed by atoms with E-state index >= 15 is 0 Å². The molecule has 0 aliphatic carbocycles. The molecule has 0 spiro atoms. The first-order valence-corrected chi connectivity index (χ1v) is 7.35. The molecule has 4 nitrogen and oxygen atoms in total. The van der Waals surface area contributed by atoms with Crippen molar-refractivity contribution in [3.8, 4) is 0 Å². The zero-order valence-corrected chi connectivity index (χ0v) is 12.8. The third-order valence-corrected chi connectivity index (χ3v) is 3.77. The van der Waals surface area contributed by atoms with Crippen LogP contribution >= 0.6 is 0 Å². The van der Waals surface area contributed by atoms with E-state index < -0.39 is 0 Å². The predicted molar refractivity (Wildman–Crippen MR) is 88.9 cm³/mol. The maximum Gasteiger partial charge on any atom is 0.269 e. The number of hydrogen-bond donors (Lipinski definition) is 0. The summed E-state index contributed by atoms with van der Waals surface area (Å²) >= 11 is 0. The normalized spacial score (nSPS) is 17.3. The van der Waals surface area contributed by atoms with Gasteiger partial charge in [0.25, 0.3) is 5.91 Å². The van der Waals surface area contributed by atoms with Crippen LogP contribution < -0.4 is 5.01 Å². The van der Waals surface area contributed by atoms with Gasteiger partial charge in [0.2, 0.25) is 0 Å². The third kappa shape index (κ3) is 2.72. The molecule has 0 saturated heterocycles. The van der Waals surface area contributed by atoms with Crippen molar-refractivity contribution in [1.29, 1.82) is 0 Å². The fourth-order valence-electron chi connectivity index (χ4n) is 2.65. The van der Waals surface area contributed by atoms with Gasteiger partial charge in [0.15, 0.2) is 0 Å². The molecule has 1 heterocycles. The highest BCUT2D eigenvalue weighted by molar-refractivity contribution is 6.39. The van der Waals surface area contributed by atoms with Gasteiger partial charge in [-0.05, 0) is 17.7 Å². The Morgan fingerprint density at radius 3 is 2.23 bits per heavy atom. The Morgan fingerprint density at radius 2 is 1.64 bits per heavy atom. The van der Waals surface area contributed by atoms with Crippen LogP contribution in [0.1, 0.15) is 18.0 Å².